The van der Waals surface area contributed by atoms with Gasteiger partial charge in [-0.05, 0) is 29.8 Å². The Morgan fingerprint density at radius 3 is 1.89 bits per heavy atom. The van der Waals surface area contributed by atoms with Gasteiger partial charge < -0.3 is 5.11 Å². The second-order valence-electron chi connectivity index (χ2n) is 3.82. The van der Waals surface area contributed by atoms with Crippen LogP contribution in [0.1, 0.15) is 12.0 Å². The van der Waals surface area contributed by atoms with Crippen molar-refractivity contribution in [1.82, 2.24) is 0 Å². The van der Waals surface area contributed by atoms with Crippen molar-refractivity contribution >= 4 is 0 Å². The molecule has 0 aliphatic heterocycles. The van der Waals surface area contributed by atoms with E-state index >= 15 is 0 Å². The van der Waals surface area contributed by atoms with Crippen LogP contribution in [0.2, 0.25) is 0 Å². The van der Waals surface area contributed by atoms with Crippen molar-refractivity contribution in [2.45, 2.75) is 6.43 Å². The predicted octanol–water partition coefficient (Wildman–Crippen LogP) is 4.41. The van der Waals surface area contributed by atoms with Crippen LogP contribution in [0.4, 0.5) is 22.0 Å². The summed E-state index contributed by atoms with van der Waals surface area (Å²) >= 11 is 0. The minimum atomic E-state index is -3.29. The summed E-state index contributed by atoms with van der Waals surface area (Å²) in [6.45, 7) is 0. The summed E-state index contributed by atoms with van der Waals surface area (Å²) < 4.78 is 65.0. The first-order valence-electron chi connectivity index (χ1n) is 5.16. The zero-order valence-corrected chi connectivity index (χ0v) is 9.30. The molecule has 2 aromatic carbocycles. The van der Waals surface area contributed by atoms with Gasteiger partial charge in [-0.15, -0.1) is 0 Å². The van der Waals surface area contributed by atoms with Gasteiger partial charge in [-0.2, -0.15) is 0 Å². The smallest absolute Gasteiger partial charge is 0.269 e. The number of aromatic hydroxyl groups is 1. The normalized spacial score (nSPS) is 11.1. The summed E-state index contributed by atoms with van der Waals surface area (Å²) in [5.41, 5.74) is -1.77. The summed E-state index contributed by atoms with van der Waals surface area (Å²) in [4.78, 5) is 0. The summed E-state index contributed by atoms with van der Waals surface area (Å²) in [6, 6.07) is 4.22. The summed E-state index contributed by atoms with van der Waals surface area (Å²) in [5.74, 6) is -4.16. The van der Waals surface area contributed by atoms with Crippen LogP contribution in [0, 0.1) is 17.5 Å². The van der Waals surface area contributed by atoms with Crippen molar-refractivity contribution in [2.75, 3.05) is 0 Å². The molecule has 0 aromatic heterocycles. The zero-order chi connectivity index (χ0) is 14.2. The van der Waals surface area contributed by atoms with Crippen molar-refractivity contribution in [3.8, 4) is 16.9 Å². The molecule has 19 heavy (non-hydrogen) atoms. The molecule has 0 spiro atoms. The van der Waals surface area contributed by atoms with Gasteiger partial charge >= 0.3 is 0 Å². The van der Waals surface area contributed by atoms with Gasteiger partial charge in [0.2, 0.25) is 0 Å². The molecule has 0 bridgehead atoms. The Hall–Kier alpha value is -2.11. The lowest BCUT2D eigenvalue weighted by molar-refractivity contribution is 0.141. The topological polar surface area (TPSA) is 20.2 Å². The van der Waals surface area contributed by atoms with E-state index in [0.29, 0.717) is 12.1 Å². The first-order valence-corrected chi connectivity index (χ1v) is 5.16. The largest absolute Gasteiger partial charge is 0.508 e. The van der Waals surface area contributed by atoms with Gasteiger partial charge in [0.25, 0.3) is 6.43 Å². The van der Waals surface area contributed by atoms with Crippen molar-refractivity contribution in [1.29, 1.82) is 0 Å². The average molecular weight is 274 g/mol. The van der Waals surface area contributed by atoms with E-state index in [1.165, 1.54) is 0 Å². The Morgan fingerprint density at radius 2 is 1.42 bits per heavy atom. The predicted molar refractivity (Wildman–Crippen MR) is 58.4 cm³/mol. The molecular formula is C13H7F5O. The molecule has 1 N–H and O–H groups in total. The van der Waals surface area contributed by atoms with Gasteiger partial charge in [0, 0.05) is 11.6 Å². The van der Waals surface area contributed by atoms with Gasteiger partial charge in [-0.3, -0.25) is 0 Å². The first kappa shape index (κ1) is 13.3. The number of hydrogen-bond acceptors (Lipinski definition) is 1. The molecule has 0 fully saturated rings. The van der Waals surface area contributed by atoms with E-state index in [2.05, 4.69) is 0 Å². The molecule has 1 nitrogen and oxygen atoms in total. The SMILES string of the molecule is Oc1ccc(-c2cc(F)c(C(F)F)c(F)c2)c(F)c1. The molecule has 2 rings (SSSR count). The second kappa shape index (κ2) is 4.87. The molecule has 0 amide bonds. The molecule has 0 aliphatic rings. The highest BCUT2D eigenvalue weighted by Gasteiger charge is 2.21. The molecule has 0 radical (unpaired) electrons. The lowest BCUT2D eigenvalue weighted by Gasteiger charge is -2.08. The minimum Gasteiger partial charge on any atom is -0.508 e. The zero-order valence-electron chi connectivity index (χ0n) is 9.30. The van der Waals surface area contributed by atoms with Crippen LogP contribution < -0.4 is 0 Å². The minimum absolute atomic E-state index is 0.198. The molecule has 0 saturated heterocycles. The Bertz CT molecular complexity index is 601. The van der Waals surface area contributed by atoms with Gasteiger partial charge in [0.1, 0.15) is 23.2 Å². The summed E-state index contributed by atoms with van der Waals surface area (Å²) in [6.07, 6.45) is -3.29. The van der Waals surface area contributed by atoms with Crippen molar-refractivity contribution in [3.05, 3.63) is 53.3 Å². The van der Waals surface area contributed by atoms with E-state index in [9.17, 15) is 22.0 Å². The van der Waals surface area contributed by atoms with Crippen LogP contribution in [0.15, 0.2) is 30.3 Å². The van der Waals surface area contributed by atoms with E-state index in [4.69, 9.17) is 5.11 Å². The fourth-order valence-electron chi connectivity index (χ4n) is 1.69. The number of hydrogen-bond donors (Lipinski definition) is 1. The van der Waals surface area contributed by atoms with Gasteiger partial charge in [-0.1, -0.05) is 0 Å². The highest BCUT2D eigenvalue weighted by atomic mass is 19.3. The van der Waals surface area contributed by atoms with Crippen LogP contribution in [-0.2, 0) is 0 Å². The number of alkyl halides is 2. The number of phenols is 1. The third-order valence-corrected chi connectivity index (χ3v) is 2.56. The first-order chi connectivity index (χ1) is 8.90. The molecule has 0 aliphatic carbocycles. The molecule has 6 heteroatoms. The average Bonchev–Trinajstić information content (AvgIpc) is 2.26. The monoisotopic (exact) mass is 274 g/mol. The molecule has 0 heterocycles. The number of benzene rings is 2. The van der Waals surface area contributed by atoms with E-state index in [0.717, 1.165) is 18.2 Å². The lowest BCUT2D eigenvalue weighted by Crippen LogP contribution is -1.98. The van der Waals surface area contributed by atoms with Gasteiger partial charge in [-0.25, -0.2) is 22.0 Å². The maximum absolute atomic E-state index is 13.5. The van der Waals surface area contributed by atoms with E-state index < -0.39 is 29.4 Å². The van der Waals surface area contributed by atoms with Crippen LogP contribution in [0.3, 0.4) is 0 Å². The van der Waals surface area contributed by atoms with Crippen LogP contribution in [0.25, 0.3) is 11.1 Å². The Kier molecular flexibility index (Phi) is 3.42. The van der Waals surface area contributed by atoms with E-state index in [-0.39, 0.29) is 16.9 Å². The lowest BCUT2D eigenvalue weighted by atomic mass is 10.0. The van der Waals surface area contributed by atoms with E-state index in [1.54, 1.807) is 0 Å². The highest BCUT2D eigenvalue weighted by Crippen LogP contribution is 2.32. The summed E-state index contributed by atoms with van der Waals surface area (Å²) in [5, 5.41) is 9.02. The Balaban J connectivity index is 2.58. The molecular weight excluding hydrogens is 267 g/mol. The van der Waals surface area contributed by atoms with Crippen molar-refractivity contribution in [2.24, 2.45) is 0 Å². The third-order valence-electron chi connectivity index (χ3n) is 2.56. The molecule has 0 atom stereocenters. The maximum Gasteiger partial charge on any atom is 0.269 e. The molecule has 0 unspecified atom stereocenters. The van der Waals surface area contributed by atoms with Crippen LogP contribution in [0.5, 0.6) is 5.75 Å². The Labute approximate surface area is 104 Å². The number of rotatable bonds is 2. The highest BCUT2D eigenvalue weighted by molar-refractivity contribution is 5.65. The molecule has 0 saturated carbocycles. The second-order valence-corrected chi connectivity index (χ2v) is 3.82. The van der Waals surface area contributed by atoms with Crippen molar-refractivity contribution < 1.29 is 27.1 Å². The van der Waals surface area contributed by atoms with Gasteiger partial charge in [0.15, 0.2) is 0 Å². The quantitative estimate of drug-likeness (QED) is 0.804. The third kappa shape index (κ3) is 2.52. The number of halogens is 5. The van der Waals surface area contributed by atoms with Crippen LogP contribution in [-0.4, -0.2) is 5.11 Å². The number of phenolic OH excluding ortho intramolecular Hbond substituents is 1. The van der Waals surface area contributed by atoms with Crippen molar-refractivity contribution in [3.63, 3.8) is 0 Å². The standard InChI is InChI=1S/C13H7F5O/c14-9-5-7(19)1-2-8(9)6-3-10(15)12(13(17)18)11(16)4-6/h1-5,13,19H. The fraction of sp³-hybridized carbons (Fsp3) is 0.0769. The summed E-state index contributed by atoms with van der Waals surface area (Å²) in [7, 11) is 0. The molecule has 100 valence electrons. The van der Waals surface area contributed by atoms with E-state index in [1.807, 2.05) is 0 Å². The Morgan fingerprint density at radius 1 is 0.842 bits per heavy atom. The molecule has 2 aromatic rings. The van der Waals surface area contributed by atoms with Crippen LogP contribution >= 0.6 is 0 Å². The maximum atomic E-state index is 13.5. The van der Waals surface area contributed by atoms with Gasteiger partial charge in [0.05, 0.1) is 5.56 Å². The fourth-order valence-corrected chi connectivity index (χ4v) is 1.69.